The molecule has 43 heavy (non-hydrogen) atoms. The average molecular weight is 654 g/mol. The van der Waals surface area contributed by atoms with E-state index >= 15 is 0 Å². The first-order valence-electron chi connectivity index (χ1n) is 13.4. The second-order valence-electron chi connectivity index (χ2n) is 9.87. The van der Waals surface area contributed by atoms with Gasteiger partial charge in [-0.05, 0) is 66.6 Å². The van der Waals surface area contributed by atoms with E-state index in [1.807, 2.05) is 29.2 Å². The predicted molar refractivity (Wildman–Crippen MR) is 174 cm³/mol. The standard InChI is InChI=1S/C29H36N6O5S.2ClH/c1-4-39-29(36)33(3)41(37,38)35(19-21-5-6-22-7-8-23(28(31)32)18-24(22)17-21)25-9-11-26(12-10-25)40-27-13-15-34(16-14-27)20(2)30;;/h5-12,17-18,27,30H,4,13-16,19H2,1-3H3,(H3,31,32);2*1H. The number of benzene rings is 3. The number of amidine groups is 2. The van der Waals surface area contributed by atoms with E-state index in [4.69, 9.17) is 26.0 Å². The van der Waals surface area contributed by atoms with Crippen molar-refractivity contribution in [3.63, 3.8) is 0 Å². The molecule has 0 saturated carbocycles. The molecule has 0 atom stereocenters. The van der Waals surface area contributed by atoms with Gasteiger partial charge in [-0.25, -0.2) is 9.10 Å². The first kappa shape index (κ1) is 35.5. The number of rotatable bonds is 9. The molecule has 4 N–H and O–H groups in total. The summed E-state index contributed by atoms with van der Waals surface area (Å²) in [5.41, 5.74) is 7.24. The molecule has 1 heterocycles. The molecule has 1 fully saturated rings. The smallest absolute Gasteiger partial charge is 0.424 e. The average Bonchev–Trinajstić information content (AvgIpc) is 2.96. The highest BCUT2D eigenvalue weighted by atomic mass is 35.5. The maximum absolute atomic E-state index is 13.7. The third kappa shape index (κ3) is 8.43. The summed E-state index contributed by atoms with van der Waals surface area (Å²) in [6.45, 7) is 4.86. The van der Waals surface area contributed by atoms with Crippen molar-refractivity contribution < 1.29 is 22.7 Å². The van der Waals surface area contributed by atoms with Gasteiger partial charge in [-0.2, -0.15) is 12.7 Å². The van der Waals surface area contributed by atoms with Crippen molar-refractivity contribution in [2.45, 2.75) is 39.3 Å². The molecule has 11 nitrogen and oxygen atoms in total. The molecule has 3 aromatic rings. The molecule has 1 aliphatic rings. The van der Waals surface area contributed by atoms with Crippen LogP contribution in [0.3, 0.4) is 0 Å². The van der Waals surface area contributed by atoms with E-state index in [0.29, 0.717) is 32.7 Å². The van der Waals surface area contributed by atoms with Crippen LogP contribution in [-0.4, -0.2) is 68.2 Å². The Labute approximate surface area is 264 Å². The van der Waals surface area contributed by atoms with Gasteiger partial charge in [-0.1, -0.05) is 24.3 Å². The zero-order valence-electron chi connectivity index (χ0n) is 24.3. The molecule has 0 aromatic heterocycles. The van der Waals surface area contributed by atoms with Crippen LogP contribution < -0.4 is 14.8 Å². The fraction of sp³-hybridized carbons (Fsp3) is 0.345. The highest BCUT2D eigenvalue weighted by Gasteiger charge is 2.32. The maximum Gasteiger partial charge on any atom is 0.424 e. The van der Waals surface area contributed by atoms with Crippen molar-refractivity contribution in [3.05, 3.63) is 71.8 Å². The van der Waals surface area contributed by atoms with Crippen LogP contribution in [0.1, 0.15) is 37.8 Å². The molecule has 3 aromatic carbocycles. The number of nitrogen functional groups attached to an aromatic ring is 1. The largest absolute Gasteiger partial charge is 0.490 e. The Kier molecular flexibility index (Phi) is 12.5. The van der Waals surface area contributed by atoms with E-state index in [1.165, 1.54) is 7.05 Å². The Morgan fingerprint density at radius 2 is 1.63 bits per heavy atom. The molecule has 1 aliphatic heterocycles. The van der Waals surface area contributed by atoms with E-state index in [0.717, 1.165) is 41.0 Å². The highest BCUT2D eigenvalue weighted by Crippen LogP contribution is 2.28. The molecule has 0 unspecified atom stereocenters. The molecule has 1 saturated heterocycles. The molecule has 14 heteroatoms. The predicted octanol–water partition coefficient (Wildman–Crippen LogP) is 5.15. The van der Waals surface area contributed by atoms with Gasteiger partial charge in [0.05, 0.1) is 24.7 Å². The minimum Gasteiger partial charge on any atom is -0.490 e. The molecule has 4 rings (SSSR count). The highest BCUT2D eigenvalue weighted by molar-refractivity contribution is 7.91. The summed E-state index contributed by atoms with van der Waals surface area (Å²) in [6.07, 6.45) is 0.601. The van der Waals surface area contributed by atoms with Crippen molar-refractivity contribution in [1.29, 1.82) is 10.8 Å². The number of halogens is 2. The van der Waals surface area contributed by atoms with Crippen molar-refractivity contribution in [1.82, 2.24) is 9.21 Å². The van der Waals surface area contributed by atoms with E-state index < -0.39 is 16.3 Å². The first-order valence-corrected chi connectivity index (χ1v) is 14.8. The Morgan fingerprint density at radius 3 is 2.21 bits per heavy atom. The molecule has 0 spiro atoms. The number of piperidine rings is 1. The number of nitrogens with zero attached hydrogens (tertiary/aromatic N) is 3. The topological polar surface area (TPSA) is 153 Å². The van der Waals surface area contributed by atoms with E-state index in [-0.39, 0.29) is 49.9 Å². The summed E-state index contributed by atoms with van der Waals surface area (Å²) >= 11 is 0. The molecule has 234 valence electrons. The quantitative estimate of drug-likeness (QED) is 0.213. The Bertz CT molecular complexity index is 1550. The molecule has 0 aliphatic carbocycles. The number of hydrogen-bond acceptors (Lipinski definition) is 7. The second kappa shape index (κ2) is 15.1. The van der Waals surface area contributed by atoms with Crippen LogP contribution in [0.15, 0.2) is 60.7 Å². The molecular weight excluding hydrogens is 615 g/mol. The number of anilines is 1. The first-order chi connectivity index (χ1) is 19.5. The number of nitrogens with one attached hydrogen (secondary N) is 2. The number of nitrogens with two attached hydrogens (primary N) is 1. The van der Waals surface area contributed by atoms with Gasteiger partial charge in [0.1, 0.15) is 17.7 Å². The van der Waals surface area contributed by atoms with Gasteiger partial charge in [-0.3, -0.25) is 10.8 Å². The number of carbonyl (C=O) groups is 1. The van der Waals surface area contributed by atoms with Crippen LogP contribution >= 0.6 is 24.8 Å². The van der Waals surface area contributed by atoms with Crippen LogP contribution in [0.25, 0.3) is 10.8 Å². The minimum atomic E-state index is -4.33. The van der Waals surface area contributed by atoms with Gasteiger partial charge < -0.3 is 20.1 Å². The Hall–Kier alpha value is -3.74. The van der Waals surface area contributed by atoms with Crippen LogP contribution in [0.2, 0.25) is 0 Å². The zero-order valence-corrected chi connectivity index (χ0v) is 26.7. The van der Waals surface area contributed by atoms with Gasteiger partial charge in [0.25, 0.3) is 0 Å². The summed E-state index contributed by atoms with van der Waals surface area (Å²) < 4.78 is 40.2. The lowest BCUT2D eigenvalue weighted by Crippen LogP contribution is -2.44. The van der Waals surface area contributed by atoms with Crippen molar-refractivity contribution in [2.24, 2.45) is 5.73 Å². The summed E-state index contributed by atoms with van der Waals surface area (Å²) in [4.78, 5) is 14.4. The van der Waals surface area contributed by atoms with Crippen molar-refractivity contribution >= 4 is 69.2 Å². The number of likely N-dealkylation sites (tertiary alicyclic amines) is 1. The summed E-state index contributed by atoms with van der Waals surface area (Å²) in [6, 6.07) is 17.7. The van der Waals surface area contributed by atoms with Gasteiger partial charge in [0.2, 0.25) is 0 Å². The van der Waals surface area contributed by atoms with Crippen LogP contribution in [0, 0.1) is 10.8 Å². The monoisotopic (exact) mass is 652 g/mol. The number of amides is 1. The number of ether oxygens (including phenoxy) is 2. The fourth-order valence-corrected chi connectivity index (χ4v) is 5.92. The summed E-state index contributed by atoms with van der Waals surface area (Å²) in [5, 5.41) is 17.3. The van der Waals surface area contributed by atoms with Gasteiger partial charge in [0, 0.05) is 38.5 Å². The normalized spacial score (nSPS) is 13.3. The minimum absolute atomic E-state index is 0. The number of hydrogen-bond donors (Lipinski definition) is 3. The van der Waals surface area contributed by atoms with Crippen LogP contribution in [-0.2, 0) is 21.5 Å². The van der Waals surface area contributed by atoms with E-state index in [9.17, 15) is 13.2 Å². The number of fused-ring (bicyclic) bond motifs is 1. The molecule has 0 bridgehead atoms. The van der Waals surface area contributed by atoms with Crippen molar-refractivity contribution in [3.8, 4) is 5.75 Å². The van der Waals surface area contributed by atoms with Crippen LogP contribution in [0.4, 0.5) is 10.5 Å². The third-order valence-electron chi connectivity index (χ3n) is 7.04. The summed E-state index contributed by atoms with van der Waals surface area (Å²) in [7, 11) is -3.17. The second-order valence-corrected chi connectivity index (χ2v) is 11.8. The molecular formula is C29H38Cl2N6O5S. The lowest BCUT2D eigenvalue weighted by molar-refractivity contribution is 0.130. The van der Waals surface area contributed by atoms with Crippen molar-refractivity contribution in [2.75, 3.05) is 31.0 Å². The zero-order chi connectivity index (χ0) is 29.7. The van der Waals surface area contributed by atoms with Gasteiger partial charge in [-0.15, -0.1) is 24.8 Å². The van der Waals surface area contributed by atoms with Gasteiger partial charge in [0.15, 0.2) is 0 Å². The van der Waals surface area contributed by atoms with Crippen LogP contribution in [0.5, 0.6) is 5.75 Å². The number of carbonyl (C=O) groups excluding carboxylic acids is 1. The van der Waals surface area contributed by atoms with E-state index in [2.05, 4.69) is 0 Å². The maximum atomic E-state index is 13.7. The SMILES string of the molecule is CCOC(=O)N(C)S(=O)(=O)N(Cc1ccc2ccc(C(=N)N)cc2c1)c1ccc(OC2CCN(C(C)=N)CC2)cc1.Cl.Cl. The Morgan fingerprint density at radius 1 is 1.00 bits per heavy atom. The lowest BCUT2D eigenvalue weighted by atomic mass is 10.0. The molecule has 0 radical (unpaired) electrons. The fourth-order valence-electron chi connectivity index (χ4n) is 4.68. The van der Waals surface area contributed by atoms with Gasteiger partial charge >= 0.3 is 16.3 Å². The van der Waals surface area contributed by atoms with E-state index in [1.54, 1.807) is 50.2 Å². The third-order valence-corrected chi connectivity index (χ3v) is 8.77. The summed E-state index contributed by atoms with van der Waals surface area (Å²) in [5.74, 6) is 1.10. The molecule has 1 amide bonds. The lowest BCUT2D eigenvalue weighted by Gasteiger charge is -2.33. The Balaban J connectivity index is 0.00000323.